The van der Waals surface area contributed by atoms with Crippen molar-refractivity contribution in [2.45, 2.75) is 92.5 Å². The molecule has 6 rings (SSSR count). The number of ketones is 1. The third kappa shape index (κ3) is 7.10. The number of nitrogens with one attached hydrogen (secondary N) is 1. The van der Waals surface area contributed by atoms with Gasteiger partial charge in [-0.3, -0.25) is 18.8 Å². The minimum atomic E-state index is -1.96. The van der Waals surface area contributed by atoms with Crippen LogP contribution in [0.2, 0.25) is 0 Å². The lowest BCUT2D eigenvalue weighted by Crippen LogP contribution is -2.46. The molecular weight excluding hydrogens is 734 g/mol. The van der Waals surface area contributed by atoms with Crippen LogP contribution in [0.5, 0.6) is 17.2 Å². The number of ether oxygens (including phenoxy) is 4. The number of hydrogen-bond acceptors (Lipinski definition) is 12. The highest BCUT2D eigenvalue weighted by molar-refractivity contribution is 6.28. The van der Waals surface area contributed by atoms with E-state index in [1.807, 2.05) is 19.1 Å². The fourth-order valence-electron chi connectivity index (χ4n) is 8.03. The van der Waals surface area contributed by atoms with Gasteiger partial charge in [0.05, 0.1) is 35.5 Å². The van der Waals surface area contributed by atoms with Crippen molar-refractivity contribution in [3.63, 3.8) is 0 Å². The van der Waals surface area contributed by atoms with Crippen molar-refractivity contribution in [1.29, 1.82) is 0 Å². The Kier molecular flexibility index (Phi) is 11.2. The number of aromatic hydroxyl groups is 2. The zero-order valence-corrected chi connectivity index (χ0v) is 33.8. The molecule has 0 spiro atoms. The number of allylic oxidation sites excluding steroid dienone is 2. The van der Waals surface area contributed by atoms with E-state index in [4.69, 9.17) is 23.9 Å². The molecule has 2 aliphatic heterocycles. The van der Waals surface area contributed by atoms with E-state index in [1.165, 1.54) is 40.2 Å². The SMILES string of the molecule is CO[C@H]1C=CO[C@]2(C)Oc3c(C)c(O)c4c(O)c(c5c(nc6cc(C)ccn65)c4c3C2=O)NC(=O)/C(C)=C\C=C/[C@@H](C)[C@H](O)[C@H](C)[C@@H](O)[C@@H](C)[C@H](OC(C)=O)[C@@H]1C. The van der Waals surface area contributed by atoms with Gasteiger partial charge in [-0.05, 0) is 44.5 Å². The second-order valence-electron chi connectivity index (χ2n) is 15.6. The number of aryl methyl sites for hydroxylation is 1. The number of pyridine rings is 1. The normalized spacial score (nSPS) is 30.3. The summed E-state index contributed by atoms with van der Waals surface area (Å²) in [7, 11) is 1.46. The summed E-state index contributed by atoms with van der Waals surface area (Å²) in [5, 5.41) is 49.4. The topological polar surface area (TPSA) is 198 Å². The van der Waals surface area contributed by atoms with Crippen LogP contribution in [0.25, 0.3) is 27.5 Å². The number of carbonyl (C=O) groups excluding carboxylic acids is 3. The van der Waals surface area contributed by atoms with Gasteiger partial charge in [0.25, 0.3) is 11.7 Å². The molecule has 5 N–H and O–H groups in total. The number of anilines is 1. The van der Waals surface area contributed by atoms with Crippen molar-refractivity contribution in [3.8, 4) is 17.2 Å². The molecule has 4 bridgehead atoms. The van der Waals surface area contributed by atoms with Gasteiger partial charge in [-0.15, -0.1) is 0 Å². The van der Waals surface area contributed by atoms with Crippen LogP contribution >= 0.6 is 0 Å². The zero-order chi connectivity index (χ0) is 41.8. The molecule has 304 valence electrons. The number of aliphatic hydroxyl groups excluding tert-OH is 2. The van der Waals surface area contributed by atoms with Gasteiger partial charge < -0.3 is 44.7 Å². The summed E-state index contributed by atoms with van der Waals surface area (Å²) in [5.41, 5.74) is 2.18. The second-order valence-corrected chi connectivity index (χ2v) is 15.6. The lowest BCUT2D eigenvalue weighted by Gasteiger charge is -2.38. The van der Waals surface area contributed by atoms with E-state index >= 15 is 0 Å². The number of imidazole rings is 1. The van der Waals surface area contributed by atoms with Gasteiger partial charge in [-0.1, -0.05) is 45.9 Å². The largest absolute Gasteiger partial charge is 0.507 e. The molecule has 9 atom stereocenters. The first-order valence-corrected chi connectivity index (χ1v) is 19.0. The monoisotopic (exact) mass is 785 g/mol. The van der Waals surface area contributed by atoms with E-state index in [0.717, 1.165) is 5.56 Å². The highest BCUT2D eigenvalue weighted by Gasteiger charge is 2.50. The summed E-state index contributed by atoms with van der Waals surface area (Å²) in [6, 6.07) is 3.64. The van der Waals surface area contributed by atoms with Crippen LogP contribution in [0.15, 0.2) is 54.5 Å². The number of carbonyl (C=O) groups is 3. The molecular formula is C43H51N3O11. The number of aromatic nitrogens is 2. The maximum Gasteiger partial charge on any atom is 0.312 e. The van der Waals surface area contributed by atoms with Crippen molar-refractivity contribution in [2.24, 2.45) is 23.7 Å². The Morgan fingerprint density at radius 2 is 1.68 bits per heavy atom. The van der Waals surface area contributed by atoms with Crippen molar-refractivity contribution in [3.05, 3.63) is 71.2 Å². The fourth-order valence-corrected chi connectivity index (χ4v) is 8.03. The molecule has 4 aromatic rings. The molecule has 1 amide bonds. The number of esters is 1. The highest BCUT2D eigenvalue weighted by atomic mass is 16.7. The second kappa shape index (κ2) is 15.5. The van der Waals surface area contributed by atoms with Gasteiger partial charge in [0.2, 0.25) is 0 Å². The number of fused-ring (bicyclic) bond motifs is 2. The van der Waals surface area contributed by atoms with Crippen LogP contribution in [0.4, 0.5) is 5.69 Å². The molecule has 0 unspecified atom stereocenters. The van der Waals surface area contributed by atoms with Gasteiger partial charge in [-0.2, -0.15) is 0 Å². The summed E-state index contributed by atoms with van der Waals surface area (Å²) >= 11 is 0. The number of methoxy groups -OCH3 is 1. The number of nitrogens with zero attached hydrogens (tertiary/aromatic N) is 2. The first-order valence-electron chi connectivity index (χ1n) is 19.0. The number of benzene rings is 2. The molecule has 0 fully saturated rings. The van der Waals surface area contributed by atoms with Crippen molar-refractivity contribution in [1.82, 2.24) is 9.38 Å². The first-order chi connectivity index (χ1) is 26.8. The van der Waals surface area contributed by atoms with Crippen molar-refractivity contribution >= 4 is 50.8 Å². The molecule has 4 heterocycles. The van der Waals surface area contributed by atoms with Crippen molar-refractivity contribution < 1.29 is 53.8 Å². The molecule has 57 heavy (non-hydrogen) atoms. The molecule has 2 aromatic heterocycles. The fraction of sp³-hybridized carbons (Fsp3) is 0.442. The molecule has 2 aromatic carbocycles. The molecule has 0 saturated carbocycles. The minimum Gasteiger partial charge on any atom is -0.507 e. The molecule has 0 aliphatic carbocycles. The third-order valence-corrected chi connectivity index (χ3v) is 11.5. The van der Waals surface area contributed by atoms with Gasteiger partial charge in [-0.25, -0.2) is 4.98 Å². The number of Topliss-reactive ketones (excluding diaryl/α,β-unsaturated/α-hetero) is 1. The van der Waals surface area contributed by atoms with Gasteiger partial charge in [0, 0.05) is 67.3 Å². The summed E-state index contributed by atoms with van der Waals surface area (Å²) in [6.45, 7) is 14.7. The third-order valence-electron chi connectivity index (χ3n) is 11.5. The number of amides is 1. The molecule has 2 aliphatic rings. The van der Waals surface area contributed by atoms with Crippen LogP contribution < -0.4 is 10.1 Å². The minimum absolute atomic E-state index is 0.0185. The highest BCUT2D eigenvalue weighted by Crippen LogP contribution is 2.54. The van der Waals surface area contributed by atoms with E-state index in [2.05, 4.69) is 5.32 Å². The van der Waals surface area contributed by atoms with E-state index in [1.54, 1.807) is 63.4 Å². The smallest absolute Gasteiger partial charge is 0.312 e. The number of aliphatic hydroxyl groups is 2. The van der Waals surface area contributed by atoms with E-state index < -0.39 is 77.3 Å². The predicted octanol–water partition coefficient (Wildman–Crippen LogP) is 6.16. The number of phenolic OH excluding ortho intramolecular Hbond substituents is 2. The molecule has 0 saturated heterocycles. The average molecular weight is 786 g/mol. The van der Waals surface area contributed by atoms with Crippen LogP contribution in [-0.2, 0) is 23.8 Å². The Bertz CT molecular complexity index is 2380. The Hall–Kier alpha value is -5.44. The van der Waals surface area contributed by atoms with E-state index in [9.17, 15) is 34.8 Å². The summed E-state index contributed by atoms with van der Waals surface area (Å²) in [4.78, 5) is 45.6. The standard InChI is InChI=1S/C43H51N3O11/c1-19-14-16-46-28(18-19)44-32-29-30-37(50)25(7)40-31(29)41(52)43(9,57-40)55-17-15-27(54-10)22(4)39(56-26(8)47)24(6)36(49)23(5)35(48)20(2)12-11-13-21(3)42(53)45-33(34(32)46)38(30)51/h11-18,20,22-24,27,35-36,39,48-51H,1-10H3,(H,45,53)/b12-11-,17-15?,21-13-/t20-,22-,23+,24-,27+,35+,36-,39-,43-/m1/s1. The van der Waals surface area contributed by atoms with Gasteiger partial charge in [0.15, 0.2) is 5.75 Å². The maximum atomic E-state index is 14.6. The van der Waals surface area contributed by atoms with E-state index in [0.29, 0.717) is 5.65 Å². The Labute approximate surface area is 330 Å². The van der Waals surface area contributed by atoms with Crippen molar-refractivity contribution in [2.75, 3.05) is 12.4 Å². The lowest BCUT2D eigenvalue weighted by atomic mass is 9.78. The Morgan fingerprint density at radius 1 is 0.982 bits per heavy atom. The summed E-state index contributed by atoms with van der Waals surface area (Å²) < 4.78 is 25.5. The molecule has 14 heteroatoms. The van der Waals surface area contributed by atoms with E-state index in [-0.39, 0.29) is 55.7 Å². The molecule has 0 radical (unpaired) electrons. The quantitative estimate of drug-likeness (QED) is 0.115. The average Bonchev–Trinajstić information content (AvgIpc) is 3.67. The lowest BCUT2D eigenvalue weighted by molar-refractivity contribution is -0.160. The van der Waals surface area contributed by atoms with Gasteiger partial charge in [0.1, 0.15) is 40.0 Å². The summed E-state index contributed by atoms with van der Waals surface area (Å²) in [5.74, 6) is -6.96. The van der Waals surface area contributed by atoms with Crippen LogP contribution in [-0.4, -0.2) is 84.8 Å². The number of hydrogen-bond donors (Lipinski definition) is 5. The zero-order valence-electron chi connectivity index (χ0n) is 33.8. The predicted molar refractivity (Wildman–Crippen MR) is 213 cm³/mol. The summed E-state index contributed by atoms with van der Waals surface area (Å²) in [6.07, 6.45) is 5.62. The van der Waals surface area contributed by atoms with Gasteiger partial charge >= 0.3 is 11.8 Å². The van der Waals surface area contributed by atoms with Crippen LogP contribution in [0.3, 0.4) is 0 Å². The number of phenols is 2. The molecule has 14 nitrogen and oxygen atoms in total. The Morgan fingerprint density at radius 3 is 2.35 bits per heavy atom. The van der Waals surface area contributed by atoms with Crippen LogP contribution in [0.1, 0.15) is 70.0 Å². The Balaban J connectivity index is 1.58. The first kappa shape index (κ1) is 41.2. The van der Waals surface area contributed by atoms with Crippen LogP contribution in [0, 0.1) is 37.5 Å². The maximum absolute atomic E-state index is 14.6. The number of rotatable bonds is 2.